The lowest BCUT2D eigenvalue weighted by Gasteiger charge is -2.37. The zero-order valence-corrected chi connectivity index (χ0v) is 16.0. The van der Waals surface area contributed by atoms with Crippen molar-refractivity contribution in [2.24, 2.45) is 0 Å². The van der Waals surface area contributed by atoms with Gasteiger partial charge in [0.2, 0.25) is 11.8 Å². The molecule has 2 heterocycles. The Morgan fingerprint density at radius 1 is 0.885 bits per heavy atom. The molecule has 2 fully saturated rings. The second-order valence-electron chi connectivity index (χ2n) is 7.43. The molecule has 2 aliphatic heterocycles. The number of carbonyl (C=O) groups is 2. The Morgan fingerprint density at radius 2 is 1.50 bits per heavy atom. The Hall–Kier alpha value is -1.92. The van der Waals surface area contributed by atoms with Crippen molar-refractivity contribution in [2.75, 3.05) is 58.9 Å². The summed E-state index contributed by atoms with van der Waals surface area (Å²) in [5.41, 5.74) is 2.66. The maximum Gasteiger partial charge on any atom is 0.236 e. The Labute approximate surface area is 156 Å². The van der Waals surface area contributed by atoms with Gasteiger partial charge in [-0.3, -0.25) is 19.4 Å². The number of piperazine rings is 2. The van der Waals surface area contributed by atoms with Crippen LogP contribution in [0.4, 0.5) is 0 Å². The van der Waals surface area contributed by atoms with Crippen molar-refractivity contribution in [1.29, 1.82) is 0 Å². The fourth-order valence-electron chi connectivity index (χ4n) is 3.74. The molecule has 0 aromatic heterocycles. The summed E-state index contributed by atoms with van der Waals surface area (Å²) in [5.74, 6) is 0.294. The van der Waals surface area contributed by atoms with Crippen LogP contribution in [0.25, 0.3) is 0 Å². The molecule has 26 heavy (non-hydrogen) atoms. The SMILES string of the molecule is CC(=O)N1CCN(C(=O)CN2CCN(Cc3cccc(C)c3)CC2)CC1. The first-order valence-electron chi connectivity index (χ1n) is 9.55. The molecule has 0 N–H and O–H groups in total. The van der Waals surface area contributed by atoms with E-state index in [1.165, 1.54) is 11.1 Å². The first-order valence-corrected chi connectivity index (χ1v) is 9.55. The van der Waals surface area contributed by atoms with Crippen molar-refractivity contribution >= 4 is 11.8 Å². The highest BCUT2D eigenvalue weighted by Gasteiger charge is 2.25. The van der Waals surface area contributed by atoms with Crippen LogP contribution in [0.3, 0.4) is 0 Å². The third-order valence-electron chi connectivity index (χ3n) is 5.39. The quantitative estimate of drug-likeness (QED) is 0.799. The topological polar surface area (TPSA) is 47.1 Å². The van der Waals surface area contributed by atoms with Crippen molar-refractivity contribution < 1.29 is 9.59 Å². The molecule has 6 nitrogen and oxygen atoms in total. The van der Waals surface area contributed by atoms with E-state index < -0.39 is 0 Å². The zero-order chi connectivity index (χ0) is 18.5. The number of hydrogen-bond acceptors (Lipinski definition) is 4. The summed E-state index contributed by atoms with van der Waals surface area (Å²) in [4.78, 5) is 32.3. The molecule has 0 spiro atoms. The van der Waals surface area contributed by atoms with E-state index in [1.54, 1.807) is 6.92 Å². The predicted molar refractivity (Wildman–Crippen MR) is 102 cm³/mol. The van der Waals surface area contributed by atoms with Crippen LogP contribution < -0.4 is 0 Å². The monoisotopic (exact) mass is 358 g/mol. The van der Waals surface area contributed by atoms with Gasteiger partial charge in [0.15, 0.2) is 0 Å². The van der Waals surface area contributed by atoms with Crippen LogP contribution in [0.1, 0.15) is 18.1 Å². The molecule has 2 aliphatic rings. The number of rotatable bonds is 4. The van der Waals surface area contributed by atoms with Crippen LogP contribution in [0.2, 0.25) is 0 Å². The molecule has 1 aromatic carbocycles. The molecule has 142 valence electrons. The normalized spacial score (nSPS) is 19.6. The van der Waals surface area contributed by atoms with E-state index in [9.17, 15) is 9.59 Å². The summed E-state index contributed by atoms with van der Waals surface area (Å²) < 4.78 is 0. The van der Waals surface area contributed by atoms with E-state index in [0.29, 0.717) is 32.7 Å². The van der Waals surface area contributed by atoms with Gasteiger partial charge in [-0.2, -0.15) is 0 Å². The molecule has 3 rings (SSSR count). The number of aryl methyl sites for hydroxylation is 1. The summed E-state index contributed by atoms with van der Waals surface area (Å²) in [6, 6.07) is 8.68. The molecule has 0 unspecified atom stereocenters. The predicted octanol–water partition coefficient (Wildman–Crippen LogP) is 0.803. The highest BCUT2D eigenvalue weighted by molar-refractivity contribution is 5.79. The molecule has 2 amide bonds. The van der Waals surface area contributed by atoms with Crippen molar-refractivity contribution in [3.05, 3.63) is 35.4 Å². The minimum Gasteiger partial charge on any atom is -0.339 e. The Morgan fingerprint density at radius 3 is 2.12 bits per heavy atom. The van der Waals surface area contributed by atoms with E-state index >= 15 is 0 Å². The van der Waals surface area contributed by atoms with Gasteiger partial charge in [0, 0.05) is 65.8 Å². The highest BCUT2D eigenvalue weighted by Crippen LogP contribution is 2.11. The zero-order valence-electron chi connectivity index (χ0n) is 16.0. The number of benzene rings is 1. The van der Waals surface area contributed by atoms with Crippen molar-refractivity contribution in [3.63, 3.8) is 0 Å². The molecule has 0 atom stereocenters. The molecule has 2 saturated heterocycles. The fraction of sp³-hybridized carbons (Fsp3) is 0.600. The van der Waals surface area contributed by atoms with Gasteiger partial charge in [-0.25, -0.2) is 0 Å². The maximum atomic E-state index is 12.5. The minimum absolute atomic E-state index is 0.0989. The average molecular weight is 358 g/mol. The summed E-state index contributed by atoms with van der Waals surface area (Å²) in [7, 11) is 0. The first-order chi connectivity index (χ1) is 12.5. The third-order valence-corrected chi connectivity index (χ3v) is 5.39. The Balaban J connectivity index is 1.40. The highest BCUT2D eigenvalue weighted by atomic mass is 16.2. The van der Waals surface area contributed by atoms with E-state index in [1.807, 2.05) is 9.80 Å². The molecular weight excluding hydrogens is 328 g/mol. The van der Waals surface area contributed by atoms with Crippen molar-refractivity contribution in [1.82, 2.24) is 19.6 Å². The standard InChI is InChI=1S/C20H30N4O2/c1-17-4-3-5-19(14-17)15-21-6-8-22(9-7-21)16-20(26)24-12-10-23(11-13-24)18(2)25/h3-5,14H,6-13,15-16H2,1-2H3. The minimum atomic E-state index is 0.0989. The fourth-order valence-corrected chi connectivity index (χ4v) is 3.74. The Kier molecular flexibility index (Phi) is 6.27. The number of amides is 2. The lowest BCUT2D eigenvalue weighted by molar-refractivity contribution is -0.139. The van der Waals surface area contributed by atoms with Crippen LogP contribution in [0, 0.1) is 6.92 Å². The summed E-state index contributed by atoms with van der Waals surface area (Å²) in [5, 5.41) is 0. The molecule has 0 bridgehead atoms. The average Bonchev–Trinajstić information content (AvgIpc) is 2.63. The second kappa shape index (κ2) is 8.64. The first kappa shape index (κ1) is 18.9. The van der Waals surface area contributed by atoms with Crippen LogP contribution in [-0.2, 0) is 16.1 Å². The molecule has 6 heteroatoms. The largest absolute Gasteiger partial charge is 0.339 e. The summed E-state index contributed by atoms with van der Waals surface area (Å²) in [6.07, 6.45) is 0. The van der Waals surface area contributed by atoms with E-state index in [-0.39, 0.29) is 11.8 Å². The van der Waals surface area contributed by atoms with Gasteiger partial charge in [-0.1, -0.05) is 29.8 Å². The molecule has 0 aliphatic carbocycles. The second-order valence-corrected chi connectivity index (χ2v) is 7.43. The summed E-state index contributed by atoms with van der Waals surface area (Å²) in [6.45, 7) is 11.7. The van der Waals surface area contributed by atoms with Gasteiger partial charge in [-0.05, 0) is 12.5 Å². The van der Waals surface area contributed by atoms with Crippen molar-refractivity contribution in [2.45, 2.75) is 20.4 Å². The molecular formula is C20H30N4O2. The lowest BCUT2D eigenvalue weighted by atomic mass is 10.1. The van der Waals surface area contributed by atoms with Crippen LogP contribution >= 0.6 is 0 Å². The van der Waals surface area contributed by atoms with Gasteiger partial charge >= 0.3 is 0 Å². The number of hydrogen-bond donors (Lipinski definition) is 0. The smallest absolute Gasteiger partial charge is 0.236 e. The van der Waals surface area contributed by atoms with Gasteiger partial charge in [0.1, 0.15) is 0 Å². The maximum absolute atomic E-state index is 12.5. The van der Waals surface area contributed by atoms with Crippen LogP contribution in [-0.4, -0.2) is 90.3 Å². The van der Waals surface area contributed by atoms with E-state index in [2.05, 4.69) is 41.0 Å². The van der Waals surface area contributed by atoms with Crippen LogP contribution in [0.5, 0.6) is 0 Å². The van der Waals surface area contributed by atoms with Crippen molar-refractivity contribution in [3.8, 4) is 0 Å². The van der Waals surface area contributed by atoms with E-state index in [0.717, 1.165) is 32.7 Å². The summed E-state index contributed by atoms with van der Waals surface area (Å²) >= 11 is 0. The number of carbonyl (C=O) groups excluding carboxylic acids is 2. The van der Waals surface area contributed by atoms with Crippen LogP contribution in [0.15, 0.2) is 24.3 Å². The Bertz CT molecular complexity index is 632. The molecule has 0 saturated carbocycles. The molecule has 1 aromatic rings. The number of nitrogens with zero attached hydrogens (tertiary/aromatic N) is 4. The third kappa shape index (κ3) is 5.05. The lowest BCUT2D eigenvalue weighted by Crippen LogP contribution is -2.54. The van der Waals surface area contributed by atoms with Gasteiger partial charge in [-0.15, -0.1) is 0 Å². The van der Waals surface area contributed by atoms with Gasteiger partial charge in [0.25, 0.3) is 0 Å². The molecule has 0 radical (unpaired) electrons. The van der Waals surface area contributed by atoms with Gasteiger partial charge in [0.05, 0.1) is 6.54 Å². The van der Waals surface area contributed by atoms with E-state index in [4.69, 9.17) is 0 Å². The van der Waals surface area contributed by atoms with Gasteiger partial charge < -0.3 is 9.80 Å².